The maximum Gasteiger partial charge on any atom is 0.129 e. The summed E-state index contributed by atoms with van der Waals surface area (Å²) in [6.45, 7) is 0. The Labute approximate surface area is 102 Å². The molecule has 1 heterocycles. The molecule has 0 amide bonds. The largest absolute Gasteiger partial charge is 0.319 e. The first-order valence-electron chi connectivity index (χ1n) is 4.24. The van der Waals surface area contributed by atoms with Gasteiger partial charge in [-0.2, -0.15) is 15.4 Å². The molecule has 4 nitrogen and oxygen atoms in total. The summed E-state index contributed by atoms with van der Waals surface area (Å²) >= 11 is 5.63. The Bertz CT molecular complexity index is 461. The summed E-state index contributed by atoms with van der Waals surface area (Å²) in [5, 5.41) is 10.2. The van der Waals surface area contributed by atoms with Gasteiger partial charge >= 0.3 is 0 Å². The average molecular weight is 263 g/mol. The number of H-pyrrole nitrogens is 1. The smallest absolute Gasteiger partial charge is 0.129 e. The van der Waals surface area contributed by atoms with E-state index in [1.807, 2.05) is 0 Å². The number of nitrogens with zero attached hydrogens (tertiary/aromatic N) is 2. The van der Waals surface area contributed by atoms with Gasteiger partial charge in [-0.1, -0.05) is 17.7 Å². The van der Waals surface area contributed by atoms with Crippen molar-refractivity contribution >= 4 is 24.0 Å². The van der Waals surface area contributed by atoms with Crippen molar-refractivity contribution < 1.29 is 4.39 Å². The standard InChI is InChI=1S/C9H8ClFN4.ClH/c10-5-1-2-6(7(11)3-5)9(12)8-4-13-15-14-8;/h1-4,9H,12H2,(H,13,14,15);1H. The van der Waals surface area contributed by atoms with Crippen molar-refractivity contribution in [3.05, 3.63) is 46.5 Å². The molecule has 1 aromatic heterocycles. The second-order valence-corrected chi connectivity index (χ2v) is 3.47. The van der Waals surface area contributed by atoms with E-state index in [2.05, 4.69) is 15.4 Å². The van der Waals surface area contributed by atoms with Crippen LogP contribution in [0.5, 0.6) is 0 Å². The summed E-state index contributed by atoms with van der Waals surface area (Å²) in [4.78, 5) is 0. The topological polar surface area (TPSA) is 67.6 Å². The number of halogens is 3. The van der Waals surface area contributed by atoms with Gasteiger partial charge in [-0.3, -0.25) is 0 Å². The van der Waals surface area contributed by atoms with E-state index in [0.29, 0.717) is 16.3 Å². The maximum absolute atomic E-state index is 13.5. The Balaban J connectivity index is 0.00000128. The second-order valence-electron chi connectivity index (χ2n) is 3.04. The van der Waals surface area contributed by atoms with Gasteiger partial charge in [0.1, 0.15) is 11.5 Å². The van der Waals surface area contributed by atoms with Crippen LogP contribution in [0.1, 0.15) is 17.3 Å². The van der Waals surface area contributed by atoms with Gasteiger partial charge in [-0.05, 0) is 12.1 Å². The van der Waals surface area contributed by atoms with Crippen LogP contribution in [0.25, 0.3) is 0 Å². The fourth-order valence-corrected chi connectivity index (χ4v) is 1.43. The molecule has 1 unspecified atom stereocenters. The SMILES string of the molecule is Cl.NC(c1cn[nH]n1)c1ccc(Cl)cc1F. The van der Waals surface area contributed by atoms with Gasteiger partial charge < -0.3 is 5.73 Å². The predicted molar refractivity (Wildman–Crippen MR) is 61.1 cm³/mol. The van der Waals surface area contributed by atoms with Crippen molar-refractivity contribution in [2.75, 3.05) is 0 Å². The summed E-state index contributed by atoms with van der Waals surface area (Å²) in [7, 11) is 0. The van der Waals surface area contributed by atoms with Gasteiger partial charge in [0, 0.05) is 10.6 Å². The monoisotopic (exact) mass is 262 g/mol. The van der Waals surface area contributed by atoms with Gasteiger partial charge in [0.2, 0.25) is 0 Å². The van der Waals surface area contributed by atoms with Crippen LogP contribution in [0.3, 0.4) is 0 Å². The minimum atomic E-state index is -0.638. The van der Waals surface area contributed by atoms with Crippen molar-refractivity contribution in [2.45, 2.75) is 6.04 Å². The van der Waals surface area contributed by atoms with Crippen LogP contribution in [-0.4, -0.2) is 15.4 Å². The van der Waals surface area contributed by atoms with Gasteiger partial charge in [0.05, 0.1) is 12.2 Å². The van der Waals surface area contributed by atoms with Crippen LogP contribution in [0.15, 0.2) is 24.4 Å². The molecule has 16 heavy (non-hydrogen) atoms. The van der Waals surface area contributed by atoms with Gasteiger partial charge in [0.15, 0.2) is 0 Å². The molecule has 2 rings (SSSR count). The van der Waals surface area contributed by atoms with Gasteiger partial charge in [-0.15, -0.1) is 12.4 Å². The molecule has 3 N–H and O–H groups in total. The molecule has 1 aromatic carbocycles. The summed E-state index contributed by atoms with van der Waals surface area (Å²) < 4.78 is 13.5. The molecule has 0 aliphatic rings. The number of hydrogen-bond acceptors (Lipinski definition) is 3. The van der Waals surface area contributed by atoms with Crippen molar-refractivity contribution in [3.63, 3.8) is 0 Å². The fraction of sp³-hybridized carbons (Fsp3) is 0.111. The van der Waals surface area contributed by atoms with Gasteiger partial charge in [-0.25, -0.2) is 4.39 Å². The number of aromatic amines is 1. The Kier molecular flexibility index (Phi) is 4.23. The molecule has 0 aliphatic heterocycles. The molecule has 0 bridgehead atoms. The molecule has 7 heteroatoms. The van der Waals surface area contributed by atoms with E-state index in [-0.39, 0.29) is 12.4 Å². The van der Waals surface area contributed by atoms with Crippen LogP contribution in [-0.2, 0) is 0 Å². The first-order valence-corrected chi connectivity index (χ1v) is 4.62. The van der Waals surface area contributed by atoms with Crippen LogP contribution < -0.4 is 5.73 Å². The Morgan fingerprint density at radius 2 is 2.19 bits per heavy atom. The summed E-state index contributed by atoms with van der Waals surface area (Å²) in [5.41, 5.74) is 6.63. The molecular weight excluding hydrogens is 254 g/mol. The Morgan fingerprint density at radius 3 is 2.75 bits per heavy atom. The third-order valence-corrected chi connectivity index (χ3v) is 2.28. The Hall–Kier alpha value is -1.17. The Morgan fingerprint density at radius 1 is 1.44 bits per heavy atom. The first kappa shape index (κ1) is 12.9. The number of rotatable bonds is 2. The summed E-state index contributed by atoms with van der Waals surface area (Å²) in [5.74, 6) is -0.446. The molecule has 1 atom stereocenters. The van der Waals surface area contributed by atoms with E-state index in [1.54, 1.807) is 6.07 Å². The maximum atomic E-state index is 13.5. The molecule has 0 aliphatic carbocycles. The molecule has 86 valence electrons. The van der Waals surface area contributed by atoms with E-state index < -0.39 is 11.9 Å². The van der Waals surface area contributed by atoms with Crippen LogP contribution in [0.4, 0.5) is 4.39 Å². The molecule has 0 spiro atoms. The van der Waals surface area contributed by atoms with Crippen molar-refractivity contribution in [1.29, 1.82) is 0 Å². The van der Waals surface area contributed by atoms with Crippen LogP contribution in [0.2, 0.25) is 5.02 Å². The second kappa shape index (κ2) is 5.25. The lowest BCUT2D eigenvalue weighted by molar-refractivity contribution is 0.597. The van der Waals surface area contributed by atoms with Crippen molar-refractivity contribution in [2.24, 2.45) is 5.73 Å². The zero-order valence-electron chi connectivity index (χ0n) is 8.02. The molecule has 2 aromatic rings. The zero-order chi connectivity index (χ0) is 10.8. The minimum absolute atomic E-state index is 0. The minimum Gasteiger partial charge on any atom is -0.319 e. The fourth-order valence-electron chi connectivity index (χ4n) is 1.27. The number of nitrogens with one attached hydrogen (secondary N) is 1. The highest BCUT2D eigenvalue weighted by Gasteiger charge is 2.15. The molecule has 0 fully saturated rings. The summed E-state index contributed by atoms with van der Waals surface area (Å²) in [6.07, 6.45) is 1.46. The van der Waals surface area contributed by atoms with Crippen molar-refractivity contribution in [3.8, 4) is 0 Å². The van der Waals surface area contributed by atoms with E-state index >= 15 is 0 Å². The van der Waals surface area contributed by atoms with Crippen LogP contribution in [0, 0.1) is 5.82 Å². The number of nitrogens with two attached hydrogens (primary N) is 1. The predicted octanol–water partition coefficient (Wildman–Crippen LogP) is 2.07. The lowest BCUT2D eigenvalue weighted by Crippen LogP contribution is -2.14. The highest BCUT2D eigenvalue weighted by atomic mass is 35.5. The van der Waals surface area contributed by atoms with Crippen molar-refractivity contribution in [1.82, 2.24) is 15.4 Å². The molecular formula is C9H9Cl2FN4. The third kappa shape index (κ3) is 2.49. The van der Waals surface area contributed by atoms with E-state index in [9.17, 15) is 4.39 Å². The van der Waals surface area contributed by atoms with E-state index in [4.69, 9.17) is 17.3 Å². The van der Waals surface area contributed by atoms with Crippen LogP contribution >= 0.6 is 24.0 Å². The molecule has 0 radical (unpaired) electrons. The quantitative estimate of drug-likeness (QED) is 0.871. The molecule has 0 saturated carbocycles. The van der Waals surface area contributed by atoms with E-state index in [0.717, 1.165) is 0 Å². The zero-order valence-corrected chi connectivity index (χ0v) is 9.60. The normalized spacial score (nSPS) is 11.9. The highest BCUT2D eigenvalue weighted by molar-refractivity contribution is 6.30. The number of hydrogen-bond donors (Lipinski definition) is 2. The van der Waals surface area contributed by atoms with Gasteiger partial charge in [0.25, 0.3) is 0 Å². The lowest BCUT2D eigenvalue weighted by Gasteiger charge is -2.09. The highest BCUT2D eigenvalue weighted by Crippen LogP contribution is 2.22. The van der Waals surface area contributed by atoms with E-state index in [1.165, 1.54) is 18.3 Å². The third-order valence-electron chi connectivity index (χ3n) is 2.05. The summed E-state index contributed by atoms with van der Waals surface area (Å²) in [6, 6.07) is 3.70. The number of benzene rings is 1. The average Bonchev–Trinajstić information content (AvgIpc) is 2.69. The lowest BCUT2D eigenvalue weighted by atomic mass is 10.1. The molecule has 0 saturated heterocycles. The number of aromatic nitrogens is 3. The first-order chi connectivity index (χ1) is 7.18.